The van der Waals surface area contributed by atoms with Gasteiger partial charge in [-0.3, -0.25) is 14.9 Å². The van der Waals surface area contributed by atoms with Crippen LogP contribution in [0.25, 0.3) is 5.69 Å². The second kappa shape index (κ2) is 11.6. The Balaban J connectivity index is 1.84. The summed E-state index contributed by atoms with van der Waals surface area (Å²) in [6.07, 6.45) is 1.72. The highest BCUT2D eigenvalue weighted by atomic mass is 32.2. The minimum absolute atomic E-state index is 0.0701. The normalized spacial score (nSPS) is 15.6. The number of nitrogens with one attached hydrogen (secondary N) is 2. The maximum atomic E-state index is 13.4. The Hall–Kier alpha value is -3.81. The zero-order valence-corrected chi connectivity index (χ0v) is 24.8. The number of rotatable bonds is 9. The Bertz CT molecular complexity index is 1590. The predicted molar refractivity (Wildman–Crippen MR) is 152 cm³/mol. The topological polar surface area (TPSA) is 155 Å². The van der Waals surface area contributed by atoms with E-state index in [0.717, 1.165) is 36.1 Å². The van der Waals surface area contributed by atoms with Crippen LogP contribution in [0.4, 0.5) is 5.69 Å². The molecule has 1 aliphatic heterocycles. The Morgan fingerprint density at radius 1 is 1.20 bits per heavy atom. The van der Waals surface area contributed by atoms with E-state index >= 15 is 0 Å². The van der Waals surface area contributed by atoms with Crippen molar-refractivity contribution in [3.63, 3.8) is 0 Å². The summed E-state index contributed by atoms with van der Waals surface area (Å²) < 4.78 is 42.6. The van der Waals surface area contributed by atoms with Gasteiger partial charge in [0.1, 0.15) is 10.6 Å². The van der Waals surface area contributed by atoms with E-state index in [9.17, 15) is 23.3 Å². The molecule has 41 heavy (non-hydrogen) atoms. The van der Waals surface area contributed by atoms with E-state index in [-0.39, 0.29) is 23.4 Å². The number of carbonyl (C=O) groups is 1. The molecule has 1 aliphatic rings. The van der Waals surface area contributed by atoms with Crippen LogP contribution in [0.2, 0.25) is 0 Å². The third-order valence-corrected chi connectivity index (χ3v) is 8.24. The number of aromatic nitrogens is 2. The minimum atomic E-state index is -4.26. The number of nitrogens with zero attached hydrogens (tertiary/aromatic N) is 3. The number of ether oxygens (including phenoxy) is 2. The van der Waals surface area contributed by atoms with Crippen molar-refractivity contribution >= 4 is 21.6 Å². The summed E-state index contributed by atoms with van der Waals surface area (Å²) in [6.45, 7) is 11.4. The molecule has 220 valence electrons. The number of amides is 1. The number of nitro benzene ring substituents is 1. The second-order valence-corrected chi connectivity index (χ2v) is 12.8. The lowest BCUT2D eigenvalue weighted by atomic mass is 10.1. The SMILES string of the molecule is Cc1ccc(C)c(-n2nc(C(=O)NCC3CCCO3)c(C)c2Oc2ccc([N+](=O)[O-])cc2S(=O)(=O)NC(C)(C)C)c1. The molecule has 1 saturated heterocycles. The van der Waals surface area contributed by atoms with Crippen LogP contribution in [0.3, 0.4) is 0 Å². The maximum Gasteiger partial charge on any atom is 0.272 e. The quantitative estimate of drug-likeness (QED) is 0.275. The molecule has 13 heteroatoms. The molecule has 4 rings (SSSR count). The summed E-state index contributed by atoms with van der Waals surface area (Å²) in [7, 11) is -4.26. The van der Waals surface area contributed by atoms with Gasteiger partial charge in [-0.15, -0.1) is 0 Å². The number of aryl methyl sites for hydroxylation is 2. The first-order valence-corrected chi connectivity index (χ1v) is 14.7. The number of hydrogen-bond donors (Lipinski definition) is 2. The predicted octanol–water partition coefficient (Wildman–Crippen LogP) is 4.48. The Morgan fingerprint density at radius 3 is 2.56 bits per heavy atom. The van der Waals surface area contributed by atoms with E-state index in [4.69, 9.17) is 9.47 Å². The number of nitro groups is 1. The minimum Gasteiger partial charge on any atom is -0.437 e. The van der Waals surface area contributed by atoms with Gasteiger partial charge < -0.3 is 14.8 Å². The van der Waals surface area contributed by atoms with Gasteiger partial charge in [0, 0.05) is 36.4 Å². The molecule has 1 fully saturated rings. The molecule has 2 aromatic carbocycles. The smallest absolute Gasteiger partial charge is 0.272 e. The molecule has 0 saturated carbocycles. The number of non-ortho nitro benzene ring substituents is 1. The fourth-order valence-corrected chi connectivity index (χ4v) is 6.06. The highest BCUT2D eigenvalue weighted by Gasteiger charge is 2.30. The molecule has 1 atom stereocenters. The summed E-state index contributed by atoms with van der Waals surface area (Å²) >= 11 is 0. The van der Waals surface area contributed by atoms with E-state index in [0.29, 0.717) is 24.4 Å². The van der Waals surface area contributed by atoms with Gasteiger partial charge in [-0.05, 0) is 77.6 Å². The van der Waals surface area contributed by atoms with Gasteiger partial charge in [-0.25, -0.2) is 13.1 Å². The molecule has 0 bridgehead atoms. The third-order valence-electron chi connectivity index (χ3n) is 6.47. The van der Waals surface area contributed by atoms with Crippen LogP contribution in [0.1, 0.15) is 60.8 Å². The van der Waals surface area contributed by atoms with E-state index < -0.39 is 37.0 Å². The molecule has 0 radical (unpaired) electrons. The van der Waals surface area contributed by atoms with Crippen molar-refractivity contribution in [2.24, 2.45) is 0 Å². The van der Waals surface area contributed by atoms with Gasteiger partial charge in [-0.2, -0.15) is 9.78 Å². The van der Waals surface area contributed by atoms with Crippen LogP contribution in [0.5, 0.6) is 11.6 Å². The lowest BCUT2D eigenvalue weighted by Gasteiger charge is -2.21. The van der Waals surface area contributed by atoms with Crippen molar-refractivity contribution in [1.29, 1.82) is 0 Å². The first kappa shape index (κ1) is 30.2. The number of carbonyl (C=O) groups excluding carboxylic acids is 1. The summed E-state index contributed by atoms with van der Waals surface area (Å²) in [5.41, 5.74) is 1.56. The van der Waals surface area contributed by atoms with E-state index in [1.165, 1.54) is 10.7 Å². The fraction of sp³-hybridized carbons (Fsp3) is 0.429. The fourth-order valence-electron chi connectivity index (χ4n) is 4.49. The first-order chi connectivity index (χ1) is 19.2. The van der Waals surface area contributed by atoms with Crippen molar-refractivity contribution in [3.8, 4) is 17.3 Å². The molecular weight excluding hydrogens is 550 g/mol. The summed E-state index contributed by atoms with van der Waals surface area (Å²) in [5.74, 6) is -0.493. The lowest BCUT2D eigenvalue weighted by molar-refractivity contribution is -0.385. The maximum absolute atomic E-state index is 13.4. The number of sulfonamides is 1. The van der Waals surface area contributed by atoms with E-state index in [1.807, 2.05) is 32.0 Å². The van der Waals surface area contributed by atoms with Crippen molar-refractivity contribution in [1.82, 2.24) is 19.8 Å². The molecule has 3 aromatic rings. The van der Waals surface area contributed by atoms with Crippen LogP contribution >= 0.6 is 0 Å². The third kappa shape index (κ3) is 6.92. The van der Waals surface area contributed by atoms with Crippen molar-refractivity contribution in [3.05, 3.63) is 68.9 Å². The number of benzene rings is 2. The van der Waals surface area contributed by atoms with Gasteiger partial charge in [0.25, 0.3) is 11.6 Å². The highest BCUT2D eigenvalue weighted by Crippen LogP contribution is 2.36. The summed E-state index contributed by atoms with van der Waals surface area (Å²) in [4.78, 5) is 23.7. The van der Waals surface area contributed by atoms with Crippen molar-refractivity contribution in [2.45, 2.75) is 70.9 Å². The molecule has 0 spiro atoms. The molecule has 2 heterocycles. The van der Waals surface area contributed by atoms with Crippen LogP contribution < -0.4 is 14.8 Å². The summed E-state index contributed by atoms with van der Waals surface area (Å²) in [5, 5.41) is 19.0. The zero-order chi connectivity index (χ0) is 30.1. The van der Waals surface area contributed by atoms with Crippen LogP contribution in [0, 0.1) is 30.9 Å². The highest BCUT2D eigenvalue weighted by molar-refractivity contribution is 7.89. The molecule has 2 N–H and O–H groups in total. The molecule has 1 amide bonds. The Labute approximate surface area is 239 Å². The Morgan fingerprint density at radius 2 is 1.93 bits per heavy atom. The Kier molecular flexibility index (Phi) is 8.52. The van der Waals surface area contributed by atoms with Gasteiger partial charge in [0.05, 0.1) is 16.7 Å². The average Bonchev–Trinajstić information content (AvgIpc) is 3.51. The molecule has 1 unspecified atom stereocenters. The van der Waals surface area contributed by atoms with Gasteiger partial charge in [0.2, 0.25) is 15.9 Å². The first-order valence-electron chi connectivity index (χ1n) is 13.2. The van der Waals surface area contributed by atoms with Crippen LogP contribution in [-0.4, -0.2) is 53.8 Å². The van der Waals surface area contributed by atoms with Crippen LogP contribution in [-0.2, 0) is 14.8 Å². The molecule has 0 aliphatic carbocycles. The molecule has 12 nitrogen and oxygen atoms in total. The lowest BCUT2D eigenvalue weighted by Crippen LogP contribution is -2.40. The second-order valence-electron chi connectivity index (χ2n) is 11.2. The van der Waals surface area contributed by atoms with Gasteiger partial charge in [-0.1, -0.05) is 12.1 Å². The van der Waals surface area contributed by atoms with Crippen molar-refractivity contribution < 1.29 is 27.6 Å². The van der Waals surface area contributed by atoms with E-state index in [1.54, 1.807) is 27.7 Å². The van der Waals surface area contributed by atoms with Gasteiger partial charge in [0.15, 0.2) is 5.69 Å². The zero-order valence-electron chi connectivity index (χ0n) is 24.0. The van der Waals surface area contributed by atoms with Crippen molar-refractivity contribution in [2.75, 3.05) is 13.2 Å². The van der Waals surface area contributed by atoms with Gasteiger partial charge >= 0.3 is 0 Å². The van der Waals surface area contributed by atoms with Crippen LogP contribution in [0.15, 0.2) is 41.3 Å². The number of hydrogen-bond acceptors (Lipinski definition) is 8. The average molecular weight is 586 g/mol. The monoisotopic (exact) mass is 585 g/mol. The largest absolute Gasteiger partial charge is 0.437 e. The standard InChI is InChI=1S/C28H35N5O7S/c1-17-9-10-18(2)22(14-17)32-27(19(3)25(30-32)26(34)29-16-21-8-7-13-39-21)40-23-12-11-20(33(35)36)15-24(23)41(37,38)31-28(4,5)6/h9-12,14-15,21,31H,7-8,13,16H2,1-6H3,(H,29,34). The molecule has 1 aromatic heterocycles. The van der Waals surface area contributed by atoms with E-state index in [2.05, 4.69) is 15.1 Å². The molecular formula is C28H35N5O7S. The summed E-state index contributed by atoms with van der Waals surface area (Å²) in [6, 6.07) is 9.05.